The first-order valence-electron chi connectivity index (χ1n) is 6.39. The third kappa shape index (κ3) is 2.34. The van der Waals surface area contributed by atoms with E-state index >= 15 is 0 Å². The fraction of sp³-hybridized carbons (Fsp3) is 0.429. The molecule has 4 heteroatoms. The van der Waals surface area contributed by atoms with E-state index in [2.05, 4.69) is 50.5 Å². The summed E-state index contributed by atoms with van der Waals surface area (Å²) in [6, 6.07) is 8.80. The van der Waals surface area contributed by atoms with Crippen molar-refractivity contribution in [2.24, 2.45) is 0 Å². The zero-order chi connectivity index (χ0) is 12.4. The number of hydrogen-bond acceptors (Lipinski definition) is 2. The van der Waals surface area contributed by atoms with Crippen LogP contribution >= 0.6 is 15.9 Å². The molecule has 1 aromatic carbocycles. The van der Waals surface area contributed by atoms with Gasteiger partial charge in [-0.15, -0.1) is 5.10 Å². The van der Waals surface area contributed by atoms with Crippen LogP contribution in [0.3, 0.4) is 0 Å². The number of fused-ring (bicyclic) bond motifs is 1. The minimum atomic E-state index is 0.583. The molecule has 1 atom stereocenters. The van der Waals surface area contributed by atoms with Crippen molar-refractivity contribution >= 4 is 15.9 Å². The van der Waals surface area contributed by atoms with E-state index in [1.54, 1.807) is 0 Å². The summed E-state index contributed by atoms with van der Waals surface area (Å²) in [5.74, 6) is 0.583. The molecule has 1 aliphatic rings. The number of halogens is 1. The lowest BCUT2D eigenvalue weighted by Gasteiger charge is -2.25. The molecular weight excluding hydrogens is 290 g/mol. The highest BCUT2D eigenvalue weighted by atomic mass is 79.9. The number of benzene rings is 1. The van der Waals surface area contributed by atoms with Crippen LogP contribution in [0.4, 0.5) is 0 Å². The van der Waals surface area contributed by atoms with Crippen molar-refractivity contribution in [1.29, 1.82) is 0 Å². The van der Waals surface area contributed by atoms with Crippen LogP contribution < -0.4 is 0 Å². The minimum Gasteiger partial charge on any atom is -0.252 e. The van der Waals surface area contributed by atoms with Crippen molar-refractivity contribution < 1.29 is 0 Å². The van der Waals surface area contributed by atoms with Gasteiger partial charge in [0.15, 0.2) is 0 Å². The van der Waals surface area contributed by atoms with E-state index in [-0.39, 0.29) is 0 Å². The third-order valence-corrected chi connectivity index (χ3v) is 4.20. The first-order chi connectivity index (χ1) is 8.86. The van der Waals surface area contributed by atoms with Crippen LogP contribution in [-0.2, 0) is 18.3 Å². The summed E-state index contributed by atoms with van der Waals surface area (Å²) < 4.78 is 1.98. The summed E-state index contributed by atoms with van der Waals surface area (Å²) in [5, 5.41) is 9.09. The Bertz CT molecular complexity index is 535. The third-order valence-electron chi connectivity index (χ3n) is 3.62. The van der Waals surface area contributed by atoms with Gasteiger partial charge in [0.05, 0.1) is 5.69 Å². The molecule has 0 saturated carbocycles. The normalized spacial score (nSPS) is 18.6. The Labute approximate surface area is 115 Å². The molecule has 0 aliphatic heterocycles. The Morgan fingerprint density at radius 1 is 1.33 bits per heavy atom. The average molecular weight is 306 g/mol. The fourth-order valence-electron chi connectivity index (χ4n) is 2.76. The van der Waals surface area contributed by atoms with Gasteiger partial charge < -0.3 is 0 Å². The summed E-state index contributed by atoms with van der Waals surface area (Å²) in [4.78, 5) is 0. The van der Waals surface area contributed by atoms with Gasteiger partial charge in [-0.25, -0.2) is 0 Å². The summed E-state index contributed by atoms with van der Waals surface area (Å²) in [6.45, 7) is 0.941. The Balaban J connectivity index is 1.81. The van der Waals surface area contributed by atoms with E-state index in [1.165, 1.54) is 30.4 Å². The molecule has 2 aromatic rings. The zero-order valence-corrected chi connectivity index (χ0v) is 11.8. The number of hydrogen-bond donors (Lipinski definition) is 0. The van der Waals surface area contributed by atoms with Crippen molar-refractivity contribution in [3.63, 3.8) is 0 Å². The minimum absolute atomic E-state index is 0.583. The predicted octanol–water partition coefficient (Wildman–Crippen LogP) is 3.29. The smallest absolute Gasteiger partial charge is 0.0932 e. The Hall–Kier alpha value is -1.16. The zero-order valence-electron chi connectivity index (χ0n) is 10.2. The lowest BCUT2D eigenvalue weighted by Crippen LogP contribution is -2.15. The maximum Gasteiger partial charge on any atom is 0.0932 e. The maximum atomic E-state index is 4.19. The van der Waals surface area contributed by atoms with Gasteiger partial charge in [-0.2, -0.15) is 0 Å². The van der Waals surface area contributed by atoms with E-state index in [0.29, 0.717) is 5.92 Å². The standard InChI is InChI=1S/C14H16BrN3/c15-8-13-10-18(17-16-13)9-12-6-3-5-11-4-1-2-7-14(11)12/h1-2,4,7,10,12H,3,5-6,8-9H2. The second kappa shape index (κ2) is 5.22. The number of nitrogens with zero attached hydrogens (tertiary/aromatic N) is 3. The van der Waals surface area contributed by atoms with Crippen LogP contribution in [0, 0.1) is 0 Å². The van der Waals surface area contributed by atoms with Gasteiger partial charge in [0.25, 0.3) is 0 Å². The molecule has 3 nitrogen and oxygen atoms in total. The van der Waals surface area contributed by atoms with E-state index in [0.717, 1.165) is 17.6 Å². The van der Waals surface area contributed by atoms with Crippen molar-refractivity contribution in [3.8, 4) is 0 Å². The van der Waals surface area contributed by atoms with Crippen LogP contribution in [0.25, 0.3) is 0 Å². The van der Waals surface area contributed by atoms with Gasteiger partial charge in [-0.05, 0) is 30.4 Å². The number of aryl methyl sites for hydroxylation is 1. The predicted molar refractivity (Wildman–Crippen MR) is 74.8 cm³/mol. The van der Waals surface area contributed by atoms with Crippen LogP contribution in [0.1, 0.15) is 35.6 Å². The molecule has 0 fully saturated rings. The molecule has 1 aromatic heterocycles. The van der Waals surface area contributed by atoms with Gasteiger partial charge in [-0.3, -0.25) is 4.68 Å². The van der Waals surface area contributed by atoms with Gasteiger partial charge in [0, 0.05) is 24.0 Å². The van der Waals surface area contributed by atoms with E-state index in [1.807, 2.05) is 10.9 Å². The second-order valence-corrected chi connectivity index (χ2v) is 5.41. The Morgan fingerprint density at radius 3 is 3.06 bits per heavy atom. The van der Waals surface area contributed by atoms with Crippen LogP contribution in [-0.4, -0.2) is 15.0 Å². The number of alkyl halides is 1. The first kappa shape index (κ1) is 11.9. The molecule has 0 radical (unpaired) electrons. The Morgan fingerprint density at radius 2 is 2.22 bits per heavy atom. The van der Waals surface area contributed by atoms with Gasteiger partial charge in [-0.1, -0.05) is 45.4 Å². The number of aromatic nitrogens is 3. The molecule has 0 N–H and O–H groups in total. The SMILES string of the molecule is BrCc1cn(CC2CCCc3ccccc32)nn1. The molecule has 1 heterocycles. The van der Waals surface area contributed by atoms with Crippen LogP contribution in [0.15, 0.2) is 30.5 Å². The molecule has 0 amide bonds. The maximum absolute atomic E-state index is 4.19. The van der Waals surface area contributed by atoms with Crippen LogP contribution in [0.2, 0.25) is 0 Å². The van der Waals surface area contributed by atoms with Crippen molar-refractivity contribution in [2.75, 3.05) is 0 Å². The molecular formula is C14H16BrN3. The highest BCUT2D eigenvalue weighted by Crippen LogP contribution is 2.32. The van der Waals surface area contributed by atoms with Crippen molar-refractivity contribution in [2.45, 2.75) is 37.1 Å². The fourth-order valence-corrected chi connectivity index (χ4v) is 3.02. The molecule has 0 bridgehead atoms. The van der Waals surface area contributed by atoms with E-state index in [4.69, 9.17) is 0 Å². The molecule has 1 unspecified atom stereocenters. The molecule has 0 spiro atoms. The van der Waals surface area contributed by atoms with E-state index < -0.39 is 0 Å². The summed E-state index contributed by atoms with van der Waals surface area (Å²) in [6.07, 6.45) is 5.78. The van der Waals surface area contributed by atoms with Crippen molar-refractivity contribution in [3.05, 3.63) is 47.3 Å². The lowest BCUT2D eigenvalue weighted by molar-refractivity contribution is 0.449. The van der Waals surface area contributed by atoms with Crippen LogP contribution in [0.5, 0.6) is 0 Å². The molecule has 3 rings (SSSR count). The van der Waals surface area contributed by atoms with Gasteiger partial charge in [0.2, 0.25) is 0 Å². The average Bonchev–Trinajstić information content (AvgIpc) is 2.87. The largest absolute Gasteiger partial charge is 0.252 e. The Kier molecular flexibility index (Phi) is 3.46. The van der Waals surface area contributed by atoms with Gasteiger partial charge >= 0.3 is 0 Å². The topological polar surface area (TPSA) is 30.7 Å². The molecule has 18 heavy (non-hydrogen) atoms. The molecule has 0 saturated heterocycles. The highest BCUT2D eigenvalue weighted by molar-refractivity contribution is 9.08. The second-order valence-electron chi connectivity index (χ2n) is 4.85. The summed E-state index contributed by atoms with van der Waals surface area (Å²) in [5.41, 5.74) is 4.01. The highest BCUT2D eigenvalue weighted by Gasteiger charge is 2.20. The van der Waals surface area contributed by atoms with Crippen molar-refractivity contribution in [1.82, 2.24) is 15.0 Å². The van der Waals surface area contributed by atoms with Gasteiger partial charge in [0.1, 0.15) is 0 Å². The summed E-state index contributed by atoms with van der Waals surface area (Å²) >= 11 is 3.41. The monoisotopic (exact) mass is 305 g/mol. The lowest BCUT2D eigenvalue weighted by atomic mass is 9.83. The quantitative estimate of drug-likeness (QED) is 0.815. The van der Waals surface area contributed by atoms with E-state index in [9.17, 15) is 0 Å². The molecule has 1 aliphatic carbocycles. The summed E-state index contributed by atoms with van der Waals surface area (Å²) in [7, 11) is 0. The molecule has 94 valence electrons. The first-order valence-corrected chi connectivity index (χ1v) is 7.52. The number of rotatable bonds is 3.